The molecular weight excluding hydrogens is 231 g/mol. The van der Waals surface area contributed by atoms with E-state index in [9.17, 15) is 13.2 Å². The quantitative estimate of drug-likeness (QED) is 0.812. The van der Waals surface area contributed by atoms with Gasteiger partial charge in [-0.15, -0.1) is 0 Å². The van der Waals surface area contributed by atoms with E-state index < -0.39 is 11.7 Å². The zero-order valence-electron chi connectivity index (χ0n) is 8.92. The molecule has 1 aromatic rings. The molecule has 0 heterocycles. The maximum Gasteiger partial charge on any atom is 0.416 e. The summed E-state index contributed by atoms with van der Waals surface area (Å²) in [5, 5.41) is 8.79. The first-order valence-electron chi connectivity index (χ1n) is 5.25. The van der Waals surface area contributed by atoms with Crippen LogP contribution < -0.4 is 4.74 Å². The number of rotatable bonds is 3. The van der Waals surface area contributed by atoms with E-state index in [4.69, 9.17) is 10.00 Å². The highest BCUT2D eigenvalue weighted by Gasteiger charge is 2.31. The Morgan fingerprint density at radius 3 is 2.59 bits per heavy atom. The van der Waals surface area contributed by atoms with Crippen LogP contribution in [0.25, 0.3) is 0 Å². The fourth-order valence-corrected chi connectivity index (χ4v) is 1.41. The molecule has 0 aliphatic heterocycles. The molecule has 0 N–H and O–H groups in total. The Labute approximate surface area is 96.6 Å². The van der Waals surface area contributed by atoms with Crippen LogP contribution in [-0.2, 0) is 6.18 Å². The van der Waals surface area contributed by atoms with Crippen molar-refractivity contribution in [3.05, 3.63) is 29.3 Å². The first-order chi connectivity index (χ1) is 8.00. The van der Waals surface area contributed by atoms with E-state index in [1.54, 1.807) is 6.07 Å². The Bertz CT molecular complexity index is 458. The molecule has 1 fully saturated rings. The Hall–Kier alpha value is -1.70. The van der Waals surface area contributed by atoms with Crippen LogP contribution in [0.1, 0.15) is 24.0 Å². The van der Waals surface area contributed by atoms with Gasteiger partial charge in [0.05, 0.1) is 17.7 Å². The molecule has 1 aliphatic rings. The van der Waals surface area contributed by atoms with Gasteiger partial charge in [-0.05, 0) is 37.0 Å². The van der Waals surface area contributed by atoms with Gasteiger partial charge in [0.1, 0.15) is 11.8 Å². The first-order valence-corrected chi connectivity index (χ1v) is 5.25. The van der Waals surface area contributed by atoms with Crippen molar-refractivity contribution in [2.45, 2.75) is 19.0 Å². The number of nitriles is 1. The third kappa shape index (κ3) is 2.90. The van der Waals surface area contributed by atoms with Crippen LogP contribution in [0, 0.1) is 17.2 Å². The second kappa shape index (κ2) is 4.28. The van der Waals surface area contributed by atoms with Crippen LogP contribution in [0.3, 0.4) is 0 Å². The summed E-state index contributed by atoms with van der Waals surface area (Å²) in [6.45, 7) is 0.472. The van der Waals surface area contributed by atoms with Crippen LogP contribution in [0.2, 0.25) is 0 Å². The minimum absolute atomic E-state index is 0.0690. The molecule has 1 saturated carbocycles. The number of nitrogens with zero attached hydrogens (tertiary/aromatic N) is 1. The molecule has 90 valence electrons. The third-order valence-corrected chi connectivity index (χ3v) is 2.60. The summed E-state index contributed by atoms with van der Waals surface area (Å²) in [7, 11) is 0. The molecule has 0 spiro atoms. The third-order valence-electron chi connectivity index (χ3n) is 2.60. The smallest absolute Gasteiger partial charge is 0.416 e. The van der Waals surface area contributed by atoms with Crippen molar-refractivity contribution >= 4 is 0 Å². The minimum Gasteiger partial charge on any atom is -0.492 e. The second-order valence-corrected chi connectivity index (χ2v) is 4.07. The van der Waals surface area contributed by atoms with Gasteiger partial charge in [0.25, 0.3) is 0 Å². The molecule has 0 aromatic heterocycles. The van der Waals surface area contributed by atoms with E-state index in [1.165, 1.54) is 6.07 Å². The molecule has 1 aromatic carbocycles. The van der Waals surface area contributed by atoms with Crippen LogP contribution in [0.5, 0.6) is 5.75 Å². The van der Waals surface area contributed by atoms with Crippen molar-refractivity contribution < 1.29 is 17.9 Å². The van der Waals surface area contributed by atoms with E-state index in [0.717, 1.165) is 25.0 Å². The van der Waals surface area contributed by atoms with Gasteiger partial charge in [0, 0.05) is 0 Å². The molecule has 0 unspecified atom stereocenters. The normalized spacial score (nSPS) is 15.4. The van der Waals surface area contributed by atoms with Gasteiger partial charge >= 0.3 is 6.18 Å². The lowest BCUT2D eigenvalue weighted by Crippen LogP contribution is -2.06. The Balaban J connectivity index is 2.19. The van der Waals surface area contributed by atoms with Gasteiger partial charge in [-0.3, -0.25) is 0 Å². The van der Waals surface area contributed by atoms with Crippen LogP contribution in [-0.4, -0.2) is 6.61 Å². The lowest BCUT2D eigenvalue weighted by atomic mass is 10.1. The summed E-state index contributed by atoms with van der Waals surface area (Å²) in [6.07, 6.45) is -2.26. The molecule has 1 aliphatic carbocycles. The number of halogens is 3. The Morgan fingerprint density at radius 1 is 1.35 bits per heavy atom. The number of hydrogen-bond acceptors (Lipinski definition) is 2. The molecule has 17 heavy (non-hydrogen) atoms. The lowest BCUT2D eigenvalue weighted by Gasteiger charge is -2.10. The number of hydrogen-bond donors (Lipinski definition) is 0. The van der Waals surface area contributed by atoms with Crippen molar-refractivity contribution in [1.29, 1.82) is 5.26 Å². The summed E-state index contributed by atoms with van der Waals surface area (Å²) in [5.74, 6) is 0.719. The van der Waals surface area contributed by atoms with Gasteiger partial charge in [-0.1, -0.05) is 0 Å². The van der Waals surface area contributed by atoms with E-state index in [1.807, 2.05) is 0 Å². The maximum atomic E-state index is 12.4. The largest absolute Gasteiger partial charge is 0.492 e. The number of benzene rings is 1. The van der Waals surface area contributed by atoms with E-state index >= 15 is 0 Å². The monoisotopic (exact) mass is 241 g/mol. The maximum absolute atomic E-state index is 12.4. The van der Waals surface area contributed by atoms with Crippen molar-refractivity contribution in [2.24, 2.45) is 5.92 Å². The average molecular weight is 241 g/mol. The fraction of sp³-hybridized carbons (Fsp3) is 0.417. The van der Waals surface area contributed by atoms with Gasteiger partial charge in [0.2, 0.25) is 0 Å². The SMILES string of the molecule is N#Cc1cc(C(F)(F)F)ccc1OCC1CC1. The van der Waals surface area contributed by atoms with Crippen molar-refractivity contribution in [3.8, 4) is 11.8 Å². The topological polar surface area (TPSA) is 33.0 Å². The second-order valence-electron chi connectivity index (χ2n) is 4.07. The van der Waals surface area contributed by atoms with Crippen LogP contribution in [0.4, 0.5) is 13.2 Å². The molecule has 0 saturated heterocycles. The molecule has 5 heteroatoms. The summed E-state index contributed by atoms with van der Waals surface area (Å²) in [6, 6.07) is 4.69. The van der Waals surface area contributed by atoms with E-state index in [2.05, 4.69) is 0 Å². The van der Waals surface area contributed by atoms with Gasteiger partial charge in [0.15, 0.2) is 0 Å². The standard InChI is InChI=1S/C12H10F3NO/c13-12(14,15)10-3-4-11(9(5-10)6-16)17-7-8-1-2-8/h3-5,8H,1-2,7H2. The Kier molecular flexibility index (Phi) is 2.97. The highest BCUT2D eigenvalue weighted by Crippen LogP contribution is 2.34. The number of alkyl halides is 3. The summed E-state index contributed by atoms with van der Waals surface area (Å²) >= 11 is 0. The molecule has 0 atom stereocenters. The Morgan fingerprint density at radius 2 is 2.06 bits per heavy atom. The van der Waals surface area contributed by atoms with Crippen LogP contribution in [0.15, 0.2) is 18.2 Å². The molecule has 0 amide bonds. The summed E-state index contributed by atoms with van der Waals surface area (Å²) in [4.78, 5) is 0. The highest BCUT2D eigenvalue weighted by atomic mass is 19.4. The number of ether oxygens (including phenoxy) is 1. The van der Waals surface area contributed by atoms with Crippen LogP contribution >= 0.6 is 0 Å². The summed E-state index contributed by atoms with van der Waals surface area (Å²) < 4.78 is 42.6. The lowest BCUT2D eigenvalue weighted by molar-refractivity contribution is -0.137. The fourth-order valence-electron chi connectivity index (χ4n) is 1.41. The van der Waals surface area contributed by atoms with Crippen molar-refractivity contribution in [2.75, 3.05) is 6.61 Å². The van der Waals surface area contributed by atoms with Gasteiger partial charge in [-0.25, -0.2) is 0 Å². The summed E-state index contributed by atoms with van der Waals surface area (Å²) in [5.41, 5.74) is -0.895. The molecular formula is C12H10F3NO. The zero-order chi connectivity index (χ0) is 12.5. The van der Waals surface area contributed by atoms with Crippen molar-refractivity contribution in [3.63, 3.8) is 0 Å². The zero-order valence-corrected chi connectivity index (χ0v) is 8.92. The van der Waals surface area contributed by atoms with Crippen molar-refractivity contribution in [1.82, 2.24) is 0 Å². The minimum atomic E-state index is -4.43. The first kappa shape index (κ1) is 11.8. The van der Waals surface area contributed by atoms with E-state index in [-0.39, 0.29) is 11.3 Å². The van der Waals surface area contributed by atoms with E-state index in [0.29, 0.717) is 12.5 Å². The predicted octanol–water partition coefficient (Wildman–Crippen LogP) is 3.37. The highest BCUT2D eigenvalue weighted by molar-refractivity contribution is 5.46. The molecule has 0 bridgehead atoms. The predicted molar refractivity (Wildman–Crippen MR) is 54.4 cm³/mol. The average Bonchev–Trinajstić information content (AvgIpc) is 3.08. The molecule has 0 radical (unpaired) electrons. The molecule has 2 rings (SSSR count). The molecule has 2 nitrogen and oxygen atoms in total. The van der Waals surface area contributed by atoms with Gasteiger partial charge in [-0.2, -0.15) is 18.4 Å². The van der Waals surface area contributed by atoms with Gasteiger partial charge < -0.3 is 4.74 Å².